The van der Waals surface area contributed by atoms with Gasteiger partial charge in [0.25, 0.3) is 5.91 Å². The number of hydrogen-bond acceptors (Lipinski definition) is 2. The quantitative estimate of drug-likeness (QED) is 0.852. The summed E-state index contributed by atoms with van der Waals surface area (Å²) in [6.45, 7) is 0. The molecule has 1 amide bonds. The number of ether oxygens (including phenoxy) is 1. The first kappa shape index (κ1) is 11.1. The molecule has 0 aliphatic carbocycles. The molecule has 76 valence electrons. The first-order chi connectivity index (χ1) is 6.60. The Morgan fingerprint density at radius 3 is 2.21 bits per heavy atom. The largest absolute Gasteiger partial charge is 0.497 e. The standard InChI is InChI=1S/C9H9Cl2NO2/c1-12-9(13)8-6(10)3-5(14-2)4-7(8)11/h3-4H,1-2H3,(H,12,13). The maximum absolute atomic E-state index is 11.3. The molecule has 3 nitrogen and oxygen atoms in total. The van der Waals surface area contributed by atoms with Crippen LogP contribution in [0, 0.1) is 0 Å². The number of nitrogens with one attached hydrogen (secondary N) is 1. The van der Waals surface area contributed by atoms with Crippen molar-refractivity contribution in [3.63, 3.8) is 0 Å². The molecular formula is C9H9Cl2NO2. The van der Waals surface area contributed by atoms with Gasteiger partial charge in [-0.25, -0.2) is 0 Å². The van der Waals surface area contributed by atoms with Crippen LogP contribution in [0.15, 0.2) is 12.1 Å². The average Bonchev–Trinajstić information content (AvgIpc) is 2.16. The number of hydrogen-bond donors (Lipinski definition) is 1. The summed E-state index contributed by atoms with van der Waals surface area (Å²) in [4.78, 5) is 11.3. The van der Waals surface area contributed by atoms with E-state index >= 15 is 0 Å². The molecule has 1 rings (SSSR count). The summed E-state index contributed by atoms with van der Waals surface area (Å²) in [5.41, 5.74) is 0.261. The third kappa shape index (κ3) is 2.11. The lowest BCUT2D eigenvalue weighted by molar-refractivity contribution is 0.0963. The lowest BCUT2D eigenvalue weighted by Crippen LogP contribution is -2.18. The van der Waals surface area contributed by atoms with Gasteiger partial charge in [0.05, 0.1) is 22.7 Å². The Labute approximate surface area is 92.0 Å². The minimum Gasteiger partial charge on any atom is -0.497 e. The van der Waals surface area contributed by atoms with Gasteiger partial charge >= 0.3 is 0 Å². The first-order valence-corrected chi connectivity index (χ1v) is 4.61. The van der Waals surface area contributed by atoms with Gasteiger partial charge in [-0.15, -0.1) is 0 Å². The predicted molar refractivity (Wildman–Crippen MR) is 56.4 cm³/mol. The van der Waals surface area contributed by atoms with Crippen LogP contribution in [0.25, 0.3) is 0 Å². The zero-order chi connectivity index (χ0) is 10.7. The second-order valence-electron chi connectivity index (χ2n) is 2.55. The second kappa shape index (κ2) is 4.53. The van der Waals surface area contributed by atoms with E-state index in [-0.39, 0.29) is 21.5 Å². The van der Waals surface area contributed by atoms with E-state index in [9.17, 15) is 4.79 Å². The molecule has 0 aliphatic heterocycles. The Balaban J connectivity index is 3.25. The lowest BCUT2D eigenvalue weighted by atomic mass is 10.2. The van der Waals surface area contributed by atoms with Gasteiger partial charge in [0, 0.05) is 7.05 Å². The minimum absolute atomic E-state index is 0.261. The molecule has 0 radical (unpaired) electrons. The van der Waals surface area contributed by atoms with Crippen LogP contribution in [0.2, 0.25) is 10.0 Å². The molecule has 0 aromatic heterocycles. The van der Waals surface area contributed by atoms with Crippen LogP contribution in [0.1, 0.15) is 10.4 Å². The van der Waals surface area contributed by atoms with Crippen molar-refractivity contribution < 1.29 is 9.53 Å². The van der Waals surface area contributed by atoms with Gasteiger partial charge < -0.3 is 10.1 Å². The van der Waals surface area contributed by atoms with Crippen molar-refractivity contribution in [2.24, 2.45) is 0 Å². The highest BCUT2D eigenvalue weighted by Crippen LogP contribution is 2.29. The highest BCUT2D eigenvalue weighted by Gasteiger charge is 2.14. The predicted octanol–water partition coefficient (Wildman–Crippen LogP) is 2.36. The fourth-order valence-electron chi connectivity index (χ4n) is 1.01. The van der Waals surface area contributed by atoms with Crippen LogP contribution < -0.4 is 10.1 Å². The molecule has 0 spiro atoms. The Bertz CT molecular complexity index is 343. The van der Waals surface area contributed by atoms with E-state index in [4.69, 9.17) is 27.9 Å². The van der Waals surface area contributed by atoms with Crippen molar-refractivity contribution >= 4 is 29.1 Å². The van der Waals surface area contributed by atoms with Crippen molar-refractivity contribution in [1.29, 1.82) is 0 Å². The Morgan fingerprint density at radius 1 is 1.36 bits per heavy atom. The van der Waals surface area contributed by atoms with Crippen LogP contribution in [0.4, 0.5) is 0 Å². The van der Waals surface area contributed by atoms with Crippen molar-refractivity contribution in [2.45, 2.75) is 0 Å². The highest BCUT2D eigenvalue weighted by atomic mass is 35.5. The maximum Gasteiger partial charge on any atom is 0.254 e. The summed E-state index contributed by atoms with van der Waals surface area (Å²) in [5.74, 6) is 0.204. The van der Waals surface area contributed by atoms with Gasteiger partial charge in [0.2, 0.25) is 0 Å². The van der Waals surface area contributed by atoms with Gasteiger partial charge in [-0.3, -0.25) is 4.79 Å². The number of halogens is 2. The SMILES string of the molecule is CNC(=O)c1c(Cl)cc(OC)cc1Cl. The van der Waals surface area contributed by atoms with Gasteiger partial charge in [0.15, 0.2) is 0 Å². The van der Waals surface area contributed by atoms with Crippen molar-refractivity contribution in [2.75, 3.05) is 14.2 Å². The van der Waals surface area contributed by atoms with Gasteiger partial charge in [-0.2, -0.15) is 0 Å². The normalized spacial score (nSPS) is 9.71. The highest BCUT2D eigenvalue weighted by molar-refractivity contribution is 6.39. The van der Waals surface area contributed by atoms with E-state index in [1.807, 2.05) is 0 Å². The molecule has 0 heterocycles. The Morgan fingerprint density at radius 2 is 1.86 bits per heavy atom. The molecule has 1 aromatic carbocycles. The maximum atomic E-state index is 11.3. The monoisotopic (exact) mass is 233 g/mol. The van der Waals surface area contributed by atoms with Crippen LogP contribution in [-0.4, -0.2) is 20.1 Å². The van der Waals surface area contributed by atoms with Crippen LogP contribution in [-0.2, 0) is 0 Å². The van der Waals surface area contributed by atoms with E-state index < -0.39 is 0 Å². The van der Waals surface area contributed by atoms with E-state index in [0.29, 0.717) is 5.75 Å². The van der Waals surface area contributed by atoms with Crippen molar-refractivity contribution in [3.05, 3.63) is 27.7 Å². The molecule has 5 heteroatoms. The fourth-order valence-corrected chi connectivity index (χ4v) is 1.65. The lowest BCUT2D eigenvalue weighted by Gasteiger charge is -2.07. The fraction of sp³-hybridized carbons (Fsp3) is 0.222. The van der Waals surface area contributed by atoms with E-state index in [2.05, 4.69) is 5.32 Å². The molecule has 0 atom stereocenters. The summed E-state index contributed by atoms with van der Waals surface area (Å²) in [6.07, 6.45) is 0. The summed E-state index contributed by atoms with van der Waals surface area (Å²) in [6, 6.07) is 3.08. The van der Waals surface area contributed by atoms with Crippen molar-refractivity contribution in [1.82, 2.24) is 5.32 Å². The number of carbonyl (C=O) groups excluding carboxylic acids is 1. The average molecular weight is 234 g/mol. The molecule has 0 aliphatic rings. The molecule has 0 bridgehead atoms. The first-order valence-electron chi connectivity index (χ1n) is 3.85. The van der Waals surface area contributed by atoms with Crippen molar-refractivity contribution in [3.8, 4) is 5.75 Å². The topological polar surface area (TPSA) is 38.3 Å². The zero-order valence-electron chi connectivity index (χ0n) is 7.73. The minimum atomic E-state index is -0.317. The third-order valence-electron chi connectivity index (χ3n) is 1.71. The molecular weight excluding hydrogens is 225 g/mol. The molecule has 1 N–H and O–H groups in total. The summed E-state index contributed by atoms with van der Waals surface area (Å²) in [5, 5.41) is 3.00. The zero-order valence-corrected chi connectivity index (χ0v) is 9.24. The summed E-state index contributed by atoms with van der Waals surface area (Å²) < 4.78 is 4.94. The van der Waals surface area contributed by atoms with Gasteiger partial charge in [-0.1, -0.05) is 23.2 Å². The third-order valence-corrected chi connectivity index (χ3v) is 2.30. The van der Waals surface area contributed by atoms with E-state index in [1.165, 1.54) is 26.3 Å². The molecule has 0 unspecified atom stereocenters. The Kier molecular flexibility index (Phi) is 3.61. The van der Waals surface area contributed by atoms with Crippen LogP contribution in [0.3, 0.4) is 0 Å². The molecule has 0 saturated heterocycles. The number of rotatable bonds is 2. The van der Waals surface area contributed by atoms with Gasteiger partial charge in [0.1, 0.15) is 5.75 Å². The van der Waals surface area contributed by atoms with Crippen LogP contribution in [0.5, 0.6) is 5.75 Å². The summed E-state index contributed by atoms with van der Waals surface area (Å²) in [7, 11) is 3.01. The Hall–Kier alpha value is -0.930. The smallest absolute Gasteiger partial charge is 0.254 e. The van der Waals surface area contributed by atoms with E-state index in [0.717, 1.165) is 0 Å². The molecule has 1 aromatic rings. The summed E-state index contributed by atoms with van der Waals surface area (Å²) >= 11 is 11.7. The second-order valence-corrected chi connectivity index (χ2v) is 3.36. The number of benzene rings is 1. The van der Waals surface area contributed by atoms with E-state index in [1.54, 1.807) is 0 Å². The number of amides is 1. The molecule has 14 heavy (non-hydrogen) atoms. The number of methoxy groups -OCH3 is 1. The molecule has 0 fully saturated rings. The number of carbonyl (C=O) groups is 1. The van der Waals surface area contributed by atoms with Crippen LogP contribution >= 0.6 is 23.2 Å². The molecule has 0 saturated carbocycles. The van der Waals surface area contributed by atoms with Gasteiger partial charge in [-0.05, 0) is 12.1 Å².